The lowest BCUT2D eigenvalue weighted by molar-refractivity contribution is -0.208. The third-order valence-corrected chi connectivity index (χ3v) is 11.2. The Hall–Kier alpha value is -1.11. The van der Waals surface area contributed by atoms with Gasteiger partial charge in [-0.1, -0.05) is 27.4 Å². The Labute approximate surface area is 205 Å². The highest BCUT2D eigenvalue weighted by molar-refractivity contribution is 5.69. The molecule has 11 unspecified atom stereocenters. The van der Waals surface area contributed by atoms with Crippen LogP contribution in [-0.4, -0.2) is 53.3 Å². The fourth-order valence-electron chi connectivity index (χ4n) is 9.22. The van der Waals surface area contributed by atoms with Gasteiger partial charge in [0.05, 0.1) is 18.3 Å². The first kappa shape index (κ1) is 26.0. The van der Waals surface area contributed by atoms with Crippen molar-refractivity contribution in [3.05, 3.63) is 12.3 Å². The highest BCUT2D eigenvalue weighted by Gasteiger charge is 2.65. The SMILES string of the molecule is C=C(CCC(C)C1CCC2C3C(O)CC4CC(OC)CCC4(C)C3CC(O)C12C)NCC(=O)O. The summed E-state index contributed by atoms with van der Waals surface area (Å²) in [4.78, 5) is 10.8. The van der Waals surface area contributed by atoms with Crippen LogP contribution in [0.3, 0.4) is 0 Å². The molecule has 0 radical (unpaired) electrons. The smallest absolute Gasteiger partial charge is 0.322 e. The largest absolute Gasteiger partial charge is 0.480 e. The Kier molecular flexibility index (Phi) is 7.44. The zero-order chi connectivity index (χ0) is 24.8. The predicted octanol–water partition coefficient (Wildman–Crippen LogP) is 4.21. The quantitative estimate of drug-likeness (QED) is 0.418. The number of nitrogens with one attached hydrogen (secondary N) is 1. The number of fused-ring (bicyclic) bond motifs is 5. The molecule has 4 N–H and O–H groups in total. The van der Waals surface area contributed by atoms with Crippen molar-refractivity contribution < 1.29 is 24.9 Å². The number of hydrogen-bond donors (Lipinski definition) is 4. The second-order valence-electron chi connectivity index (χ2n) is 12.6. The Morgan fingerprint density at radius 3 is 2.56 bits per heavy atom. The molecule has 6 nitrogen and oxygen atoms in total. The van der Waals surface area contributed by atoms with Crippen molar-refractivity contribution in [3.8, 4) is 0 Å². The van der Waals surface area contributed by atoms with Crippen LogP contribution in [0.4, 0.5) is 0 Å². The van der Waals surface area contributed by atoms with Gasteiger partial charge >= 0.3 is 5.97 Å². The summed E-state index contributed by atoms with van der Waals surface area (Å²) in [6.45, 7) is 10.9. The third-order valence-electron chi connectivity index (χ3n) is 11.2. The summed E-state index contributed by atoms with van der Waals surface area (Å²) in [5, 5.41) is 35.0. The number of ether oxygens (including phenoxy) is 1. The summed E-state index contributed by atoms with van der Waals surface area (Å²) in [6.07, 6.45) is 8.45. The molecule has 4 aliphatic rings. The van der Waals surface area contributed by atoms with Gasteiger partial charge in [0.25, 0.3) is 0 Å². The number of rotatable bonds is 8. The van der Waals surface area contributed by atoms with Gasteiger partial charge in [-0.25, -0.2) is 0 Å². The first-order valence-electron chi connectivity index (χ1n) is 13.5. The van der Waals surface area contributed by atoms with Gasteiger partial charge in [-0.3, -0.25) is 4.79 Å². The summed E-state index contributed by atoms with van der Waals surface area (Å²) in [6, 6.07) is 0. The van der Waals surface area contributed by atoms with Gasteiger partial charge in [-0.15, -0.1) is 0 Å². The van der Waals surface area contributed by atoms with E-state index in [0.717, 1.165) is 63.5 Å². The molecule has 0 aromatic carbocycles. The highest BCUT2D eigenvalue weighted by Crippen LogP contribution is 2.68. The minimum absolute atomic E-state index is 0.0962. The maximum Gasteiger partial charge on any atom is 0.322 e. The number of aliphatic carboxylic acids is 1. The molecule has 4 saturated carbocycles. The zero-order valence-corrected chi connectivity index (χ0v) is 21.6. The number of carbonyl (C=O) groups is 1. The van der Waals surface area contributed by atoms with E-state index in [1.54, 1.807) is 0 Å². The molecule has 4 fully saturated rings. The number of aliphatic hydroxyl groups excluding tert-OH is 2. The molecule has 34 heavy (non-hydrogen) atoms. The number of aliphatic hydroxyl groups is 2. The van der Waals surface area contributed by atoms with Gasteiger partial charge in [0.15, 0.2) is 0 Å². The van der Waals surface area contributed by atoms with E-state index in [4.69, 9.17) is 9.84 Å². The molecule has 0 spiro atoms. The van der Waals surface area contributed by atoms with E-state index in [0.29, 0.717) is 35.7 Å². The second kappa shape index (κ2) is 9.74. The lowest BCUT2D eigenvalue weighted by Gasteiger charge is -2.63. The Morgan fingerprint density at radius 2 is 1.88 bits per heavy atom. The molecule has 6 heteroatoms. The van der Waals surface area contributed by atoms with Crippen LogP contribution in [0.5, 0.6) is 0 Å². The van der Waals surface area contributed by atoms with Gasteiger partial charge < -0.3 is 25.4 Å². The summed E-state index contributed by atoms with van der Waals surface area (Å²) >= 11 is 0. The van der Waals surface area contributed by atoms with E-state index in [9.17, 15) is 15.0 Å². The molecule has 0 aromatic rings. The number of methoxy groups -OCH3 is 1. The van der Waals surface area contributed by atoms with E-state index >= 15 is 0 Å². The molecule has 0 heterocycles. The summed E-state index contributed by atoms with van der Waals surface area (Å²) in [7, 11) is 1.81. The normalized spacial score (nSPS) is 46.6. The van der Waals surface area contributed by atoms with Gasteiger partial charge in [0.1, 0.15) is 6.54 Å². The minimum atomic E-state index is -0.877. The van der Waals surface area contributed by atoms with Crippen LogP contribution in [0.2, 0.25) is 0 Å². The lowest BCUT2D eigenvalue weighted by atomic mass is 9.43. The van der Waals surface area contributed by atoms with Crippen molar-refractivity contribution in [2.75, 3.05) is 13.7 Å². The first-order chi connectivity index (χ1) is 16.0. The van der Waals surface area contributed by atoms with Crippen molar-refractivity contribution in [1.29, 1.82) is 0 Å². The Bertz CT molecular complexity index is 772. The number of hydrogen-bond acceptors (Lipinski definition) is 5. The molecule has 0 aromatic heterocycles. The van der Waals surface area contributed by atoms with Crippen LogP contribution in [0.1, 0.15) is 78.6 Å². The standard InChI is InChI=1S/C28H47NO5/c1-16(6-7-17(2)29-15-25(32)33)20-8-9-21-26-22(14-24(31)28(20,21)4)27(3)11-10-19(34-5)12-18(27)13-23(26)30/h16,18-24,26,29-31H,2,6-15H2,1,3-5H3,(H,32,33). The zero-order valence-electron chi connectivity index (χ0n) is 21.6. The number of carboxylic acid groups (broad SMARTS) is 1. The number of carboxylic acids is 1. The Balaban J connectivity index is 1.48. The topological polar surface area (TPSA) is 99.0 Å². The average molecular weight is 478 g/mol. The molecule has 0 bridgehead atoms. The van der Waals surface area contributed by atoms with Crippen molar-refractivity contribution in [1.82, 2.24) is 5.32 Å². The molecule has 4 aliphatic carbocycles. The average Bonchev–Trinajstić information content (AvgIpc) is 3.15. The van der Waals surface area contributed by atoms with Gasteiger partial charge in [-0.05, 0) is 104 Å². The fourth-order valence-corrected chi connectivity index (χ4v) is 9.22. The van der Waals surface area contributed by atoms with Crippen LogP contribution in [-0.2, 0) is 9.53 Å². The summed E-state index contributed by atoms with van der Waals surface area (Å²) in [5.74, 6) is 1.42. The lowest BCUT2D eigenvalue weighted by Crippen LogP contribution is -2.62. The summed E-state index contributed by atoms with van der Waals surface area (Å²) in [5.41, 5.74) is 0.773. The maximum atomic E-state index is 11.7. The fraction of sp³-hybridized carbons (Fsp3) is 0.893. The van der Waals surface area contributed by atoms with Gasteiger partial charge in [0, 0.05) is 12.8 Å². The van der Waals surface area contributed by atoms with Crippen LogP contribution in [0.25, 0.3) is 0 Å². The van der Waals surface area contributed by atoms with Crippen LogP contribution >= 0.6 is 0 Å². The van der Waals surface area contributed by atoms with Crippen molar-refractivity contribution in [2.45, 2.75) is 96.9 Å². The van der Waals surface area contributed by atoms with Crippen LogP contribution < -0.4 is 5.32 Å². The Morgan fingerprint density at radius 1 is 1.15 bits per heavy atom. The molecular weight excluding hydrogens is 430 g/mol. The molecule has 11 atom stereocenters. The first-order valence-corrected chi connectivity index (χ1v) is 13.5. The molecular formula is C28H47NO5. The molecule has 194 valence electrons. The highest BCUT2D eigenvalue weighted by atomic mass is 16.5. The molecule has 4 rings (SSSR count). The van der Waals surface area contributed by atoms with Crippen LogP contribution in [0, 0.1) is 46.3 Å². The van der Waals surface area contributed by atoms with Crippen molar-refractivity contribution in [3.63, 3.8) is 0 Å². The van der Waals surface area contributed by atoms with Gasteiger partial charge in [0.2, 0.25) is 0 Å². The second-order valence-corrected chi connectivity index (χ2v) is 12.6. The third kappa shape index (κ3) is 4.32. The van der Waals surface area contributed by atoms with E-state index in [-0.39, 0.29) is 35.5 Å². The monoisotopic (exact) mass is 477 g/mol. The van der Waals surface area contributed by atoms with E-state index in [2.05, 4.69) is 32.7 Å². The maximum absolute atomic E-state index is 11.7. The van der Waals surface area contributed by atoms with E-state index < -0.39 is 5.97 Å². The van der Waals surface area contributed by atoms with Crippen molar-refractivity contribution in [2.24, 2.45) is 46.3 Å². The summed E-state index contributed by atoms with van der Waals surface area (Å²) < 4.78 is 5.70. The van der Waals surface area contributed by atoms with Gasteiger partial charge in [-0.2, -0.15) is 0 Å². The van der Waals surface area contributed by atoms with E-state index in [1.807, 2.05) is 7.11 Å². The van der Waals surface area contributed by atoms with Crippen molar-refractivity contribution >= 4 is 5.97 Å². The molecule has 0 amide bonds. The predicted molar refractivity (Wildman–Crippen MR) is 132 cm³/mol. The van der Waals surface area contributed by atoms with E-state index in [1.165, 1.54) is 0 Å². The molecule has 0 saturated heterocycles. The molecule has 0 aliphatic heterocycles. The minimum Gasteiger partial charge on any atom is -0.480 e. The number of allylic oxidation sites excluding steroid dienone is 1. The van der Waals surface area contributed by atoms with Crippen LogP contribution in [0.15, 0.2) is 12.3 Å².